The Bertz CT molecular complexity index is 342. The summed E-state index contributed by atoms with van der Waals surface area (Å²) in [6.07, 6.45) is 3.51. The second kappa shape index (κ2) is 5.93. The molecule has 0 unspecified atom stereocenters. The van der Waals surface area contributed by atoms with Crippen LogP contribution >= 0.6 is 0 Å². The third kappa shape index (κ3) is 6.49. The molecule has 0 spiro atoms. The molecule has 0 fully saturated rings. The van der Waals surface area contributed by atoms with Gasteiger partial charge in [0.2, 0.25) is 0 Å². The molecule has 6 heteroatoms. The smallest absolute Gasteiger partial charge is 0.167 e. The summed E-state index contributed by atoms with van der Waals surface area (Å²) in [6.45, 7) is 2.32. The molecule has 88 valence electrons. The molecular formula is C10H12ClNO4. The number of benzene rings is 1. The summed E-state index contributed by atoms with van der Waals surface area (Å²) in [4.78, 5) is 0. The van der Waals surface area contributed by atoms with E-state index in [4.69, 9.17) is 18.6 Å². The second-order valence-corrected chi connectivity index (χ2v) is 4.06. The Morgan fingerprint density at radius 2 is 1.56 bits per heavy atom. The molecule has 0 aromatic heterocycles. The van der Waals surface area contributed by atoms with E-state index in [0.717, 1.165) is 6.54 Å². The van der Waals surface area contributed by atoms with Gasteiger partial charge in [-0.3, -0.25) is 0 Å². The summed E-state index contributed by atoms with van der Waals surface area (Å²) in [7, 11) is -4.94. The maximum atomic E-state index is 8.49. The quantitative estimate of drug-likeness (QED) is 0.516. The summed E-state index contributed by atoms with van der Waals surface area (Å²) < 4.78 is 36.3. The van der Waals surface area contributed by atoms with Gasteiger partial charge in [0, 0.05) is 5.56 Å². The van der Waals surface area contributed by atoms with E-state index in [0.29, 0.717) is 0 Å². The highest BCUT2D eigenvalue weighted by atomic mass is 35.7. The van der Waals surface area contributed by atoms with Crippen LogP contribution in [0.3, 0.4) is 0 Å². The predicted octanol–water partition coefficient (Wildman–Crippen LogP) is -3.08. The van der Waals surface area contributed by atoms with Gasteiger partial charge >= 0.3 is 0 Å². The third-order valence-electron chi connectivity index (χ3n) is 2.03. The largest absolute Gasteiger partial charge is 0.234 e. The Labute approximate surface area is 95.6 Å². The molecule has 5 nitrogen and oxygen atoms in total. The molecule has 16 heavy (non-hydrogen) atoms. The standard InChI is InChI=1S/C10H12N.ClHO4/c1-2-5-10(6-3-1)9-11-7-4-8-11;2-1(3,4)5/h1-3,5-7H,4,8-9H2;(H,2,3,4,5)/q+1;/p-1. The number of hydrogen-bond donors (Lipinski definition) is 0. The lowest BCUT2D eigenvalue weighted by molar-refractivity contribution is -2.00. The van der Waals surface area contributed by atoms with E-state index in [1.54, 1.807) is 0 Å². The van der Waals surface area contributed by atoms with Gasteiger partial charge in [0.1, 0.15) is 6.21 Å². The van der Waals surface area contributed by atoms with Gasteiger partial charge in [-0.25, -0.2) is 23.2 Å². The molecule has 0 atom stereocenters. The molecule has 2 rings (SSSR count). The molecule has 1 aliphatic rings. The van der Waals surface area contributed by atoms with Crippen LogP contribution in [0, 0.1) is 10.2 Å². The molecule has 0 N–H and O–H groups in total. The fourth-order valence-electron chi connectivity index (χ4n) is 1.27. The molecule has 1 aliphatic heterocycles. The first-order valence-electron chi connectivity index (χ1n) is 4.68. The Hall–Kier alpha value is -0.980. The van der Waals surface area contributed by atoms with Crippen LogP contribution in [0.15, 0.2) is 30.3 Å². The van der Waals surface area contributed by atoms with Gasteiger partial charge in [-0.15, -0.1) is 10.2 Å². The van der Waals surface area contributed by atoms with Crippen LogP contribution in [-0.2, 0) is 6.54 Å². The minimum atomic E-state index is -4.94. The lowest BCUT2D eigenvalue weighted by atomic mass is 10.2. The Morgan fingerprint density at radius 1 is 1.06 bits per heavy atom. The van der Waals surface area contributed by atoms with Gasteiger partial charge in [-0.1, -0.05) is 30.3 Å². The molecular weight excluding hydrogens is 234 g/mol. The SMILES string of the molecule is C1=[N+](Cc2ccccc2)CC1.[O-][Cl+3]([O-])([O-])[O-]. The first kappa shape index (κ1) is 13.1. The Balaban J connectivity index is 0.000000221. The van der Waals surface area contributed by atoms with Crippen LogP contribution in [0.2, 0.25) is 0 Å². The van der Waals surface area contributed by atoms with Crippen LogP contribution in [0.5, 0.6) is 0 Å². The molecule has 0 radical (unpaired) electrons. The third-order valence-corrected chi connectivity index (χ3v) is 2.03. The topological polar surface area (TPSA) is 95.2 Å². The Morgan fingerprint density at radius 3 is 1.94 bits per heavy atom. The van der Waals surface area contributed by atoms with E-state index in [9.17, 15) is 0 Å². The minimum absolute atomic E-state index is 1.08. The fraction of sp³-hybridized carbons (Fsp3) is 0.300. The van der Waals surface area contributed by atoms with Crippen molar-refractivity contribution in [3.63, 3.8) is 0 Å². The van der Waals surface area contributed by atoms with Crippen molar-refractivity contribution in [1.82, 2.24) is 0 Å². The van der Waals surface area contributed by atoms with Gasteiger partial charge < -0.3 is 0 Å². The highest BCUT2D eigenvalue weighted by Gasteiger charge is 2.12. The molecule has 0 amide bonds. The van der Waals surface area contributed by atoms with E-state index >= 15 is 0 Å². The molecule has 1 heterocycles. The van der Waals surface area contributed by atoms with Crippen LogP contribution in [0.1, 0.15) is 12.0 Å². The number of halogens is 1. The first-order valence-corrected chi connectivity index (χ1v) is 5.91. The van der Waals surface area contributed by atoms with Gasteiger partial charge in [-0.2, -0.15) is 0 Å². The van der Waals surface area contributed by atoms with E-state index in [1.807, 2.05) is 0 Å². The molecule has 1 aromatic rings. The molecule has 0 bridgehead atoms. The van der Waals surface area contributed by atoms with Crippen LogP contribution in [0.25, 0.3) is 0 Å². The summed E-state index contributed by atoms with van der Waals surface area (Å²) in [5.74, 6) is 0. The number of rotatable bonds is 2. The highest BCUT2D eigenvalue weighted by Crippen LogP contribution is 2.03. The number of nitrogens with zero attached hydrogens (tertiary/aromatic N) is 1. The van der Waals surface area contributed by atoms with Crippen LogP contribution < -0.4 is 18.6 Å². The van der Waals surface area contributed by atoms with E-state index in [-0.39, 0.29) is 0 Å². The second-order valence-electron chi connectivity index (χ2n) is 3.31. The predicted molar refractivity (Wildman–Crippen MR) is 46.0 cm³/mol. The molecule has 0 aliphatic carbocycles. The first-order chi connectivity index (χ1) is 7.45. The van der Waals surface area contributed by atoms with Gasteiger partial charge in [0.05, 0.1) is 6.42 Å². The maximum absolute atomic E-state index is 8.49. The molecule has 0 saturated heterocycles. The van der Waals surface area contributed by atoms with Gasteiger partial charge in [0.25, 0.3) is 0 Å². The van der Waals surface area contributed by atoms with Crippen molar-refractivity contribution < 1.29 is 33.5 Å². The van der Waals surface area contributed by atoms with Crippen molar-refractivity contribution >= 4 is 6.21 Å². The summed E-state index contributed by atoms with van der Waals surface area (Å²) >= 11 is 0. The summed E-state index contributed by atoms with van der Waals surface area (Å²) in [6, 6.07) is 10.6. The van der Waals surface area contributed by atoms with Crippen LogP contribution in [-0.4, -0.2) is 17.3 Å². The van der Waals surface area contributed by atoms with Crippen molar-refractivity contribution in [2.75, 3.05) is 6.54 Å². The van der Waals surface area contributed by atoms with Gasteiger partial charge in [0.15, 0.2) is 13.1 Å². The van der Waals surface area contributed by atoms with Gasteiger partial charge in [-0.05, 0) is 0 Å². The lowest BCUT2D eigenvalue weighted by Crippen LogP contribution is -2.68. The van der Waals surface area contributed by atoms with Crippen molar-refractivity contribution in [2.24, 2.45) is 0 Å². The van der Waals surface area contributed by atoms with Crippen molar-refractivity contribution in [3.05, 3.63) is 35.9 Å². The molecule has 1 aromatic carbocycles. The van der Waals surface area contributed by atoms with Crippen molar-refractivity contribution in [3.8, 4) is 0 Å². The number of hydrogen-bond acceptors (Lipinski definition) is 4. The van der Waals surface area contributed by atoms with Crippen molar-refractivity contribution in [1.29, 1.82) is 0 Å². The molecule has 0 saturated carbocycles. The lowest BCUT2D eigenvalue weighted by Gasteiger charge is -2.17. The van der Waals surface area contributed by atoms with E-state index in [1.165, 1.54) is 18.5 Å². The van der Waals surface area contributed by atoms with E-state index in [2.05, 4.69) is 41.1 Å². The zero-order chi connectivity index (χ0) is 12.0. The zero-order valence-corrected chi connectivity index (χ0v) is 9.30. The van der Waals surface area contributed by atoms with E-state index < -0.39 is 10.2 Å². The Kier molecular flexibility index (Phi) is 4.85. The average molecular weight is 246 g/mol. The summed E-state index contributed by atoms with van der Waals surface area (Å²) in [5, 5.41) is 0. The summed E-state index contributed by atoms with van der Waals surface area (Å²) in [5.41, 5.74) is 1.41. The highest BCUT2D eigenvalue weighted by molar-refractivity contribution is 5.54. The maximum Gasteiger partial charge on any atom is 0.167 e. The normalized spacial score (nSPS) is 14.4. The fourth-order valence-corrected chi connectivity index (χ4v) is 1.27. The van der Waals surface area contributed by atoms with Crippen LogP contribution in [0.4, 0.5) is 0 Å². The minimum Gasteiger partial charge on any atom is -0.234 e. The monoisotopic (exact) mass is 245 g/mol. The zero-order valence-electron chi connectivity index (χ0n) is 8.54. The van der Waals surface area contributed by atoms with Crippen molar-refractivity contribution in [2.45, 2.75) is 13.0 Å². The average Bonchev–Trinajstić information content (AvgIpc) is 2.11.